The van der Waals surface area contributed by atoms with Gasteiger partial charge >= 0.3 is 6.03 Å². The van der Waals surface area contributed by atoms with Gasteiger partial charge in [-0.1, -0.05) is 13.3 Å². The van der Waals surface area contributed by atoms with Gasteiger partial charge in [0.2, 0.25) is 0 Å². The molecule has 2 fully saturated rings. The zero-order chi connectivity index (χ0) is 17.5. The second-order valence-corrected chi connectivity index (χ2v) is 7.21. The van der Waals surface area contributed by atoms with Crippen molar-refractivity contribution in [2.75, 3.05) is 56.0 Å². The van der Waals surface area contributed by atoms with Gasteiger partial charge in [0.25, 0.3) is 0 Å². The molecule has 0 radical (unpaired) electrons. The zero-order valence-corrected chi connectivity index (χ0v) is 15.5. The number of urea groups is 1. The first kappa shape index (κ1) is 18.1. The van der Waals surface area contributed by atoms with Crippen LogP contribution in [-0.4, -0.2) is 61.6 Å². The average Bonchev–Trinajstić information content (AvgIpc) is 2.68. The fourth-order valence-corrected chi connectivity index (χ4v) is 3.67. The minimum atomic E-state index is 0.0286. The molecule has 1 aromatic rings. The lowest BCUT2D eigenvalue weighted by Crippen LogP contribution is -2.50. The van der Waals surface area contributed by atoms with Crippen molar-refractivity contribution in [1.29, 1.82) is 0 Å². The Morgan fingerprint density at radius 1 is 0.960 bits per heavy atom. The summed E-state index contributed by atoms with van der Waals surface area (Å²) >= 11 is 0. The maximum Gasteiger partial charge on any atom is 0.321 e. The van der Waals surface area contributed by atoms with Gasteiger partial charge in [0.1, 0.15) is 0 Å². The van der Waals surface area contributed by atoms with Crippen molar-refractivity contribution in [2.24, 2.45) is 0 Å². The van der Waals surface area contributed by atoms with Crippen LogP contribution in [0.1, 0.15) is 39.0 Å². The molecule has 2 aliphatic rings. The Morgan fingerprint density at radius 3 is 2.28 bits per heavy atom. The molecule has 1 N–H and O–H groups in total. The van der Waals surface area contributed by atoms with Crippen molar-refractivity contribution >= 4 is 17.4 Å². The van der Waals surface area contributed by atoms with E-state index in [0.717, 1.165) is 51.5 Å². The molecule has 0 atom stereocenters. The van der Waals surface area contributed by atoms with Crippen LogP contribution in [0.4, 0.5) is 16.2 Å². The van der Waals surface area contributed by atoms with Gasteiger partial charge in [-0.3, -0.25) is 4.90 Å². The van der Waals surface area contributed by atoms with E-state index in [0.29, 0.717) is 0 Å². The summed E-state index contributed by atoms with van der Waals surface area (Å²) < 4.78 is 0. The smallest absolute Gasteiger partial charge is 0.321 e. The van der Waals surface area contributed by atoms with Crippen LogP contribution >= 0.6 is 0 Å². The largest absolute Gasteiger partial charge is 0.372 e. The molecule has 0 saturated carbocycles. The third-order valence-electron chi connectivity index (χ3n) is 5.33. The molecule has 0 bridgehead atoms. The number of nitrogens with one attached hydrogen (secondary N) is 1. The van der Waals surface area contributed by atoms with Gasteiger partial charge in [0.05, 0.1) is 0 Å². The monoisotopic (exact) mass is 344 g/mol. The number of benzene rings is 1. The molecule has 1 aromatic carbocycles. The molecule has 2 amide bonds. The topological polar surface area (TPSA) is 38.8 Å². The zero-order valence-electron chi connectivity index (χ0n) is 15.5. The molecule has 0 unspecified atom stereocenters. The van der Waals surface area contributed by atoms with Crippen LogP contribution in [0.3, 0.4) is 0 Å². The van der Waals surface area contributed by atoms with Gasteiger partial charge in [-0.05, 0) is 56.5 Å². The number of anilines is 2. The maximum atomic E-state index is 12.5. The third-order valence-corrected chi connectivity index (χ3v) is 5.33. The summed E-state index contributed by atoms with van der Waals surface area (Å²) in [5, 5.41) is 3.05. The van der Waals surface area contributed by atoms with Crippen LogP contribution in [0.5, 0.6) is 0 Å². The highest BCUT2D eigenvalue weighted by Crippen LogP contribution is 2.22. The van der Waals surface area contributed by atoms with E-state index in [9.17, 15) is 4.79 Å². The minimum Gasteiger partial charge on any atom is -0.372 e. The molecule has 0 spiro atoms. The highest BCUT2D eigenvalue weighted by Gasteiger charge is 2.20. The van der Waals surface area contributed by atoms with Crippen LogP contribution in [0.25, 0.3) is 0 Å². The van der Waals surface area contributed by atoms with Crippen molar-refractivity contribution in [2.45, 2.75) is 39.0 Å². The molecule has 5 heteroatoms. The highest BCUT2D eigenvalue weighted by molar-refractivity contribution is 5.89. The molecular formula is C20H32N4O. The van der Waals surface area contributed by atoms with Gasteiger partial charge < -0.3 is 15.1 Å². The molecule has 2 aliphatic heterocycles. The van der Waals surface area contributed by atoms with E-state index < -0.39 is 0 Å². The summed E-state index contributed by atoms with van der Waals surface area (Å²) in [6, 6.07) is 8.34. The molecule has 138 valence electrons. The SMILES string of the molecule is CCCCN1CCN(C(=O)Nc2ccc(N3CCCCC3)cc2)CC1. The van der Waals surface area contributed by atoms with Gasteiger partial charge in [-0.2, -0.15) is 0 Å². The van der Waals surface area contributed by atoms with Gasteiger partial charge in [-0.25, -0.2) is 4.79 Å². The van der Waals surface area contributed by atoms with Crippen molar-refractivity contribution in [3.63, 3.8) is 0 Å². The minimum absolute atomic E-state index is 0.0286. The number of amides is 2. The predicted octanol–water partition coefficient (Wildman–Crippen LogP) is 3.63. The van der Waals surface area contributed by atoms with Crippen LogP contribution in [0.2, 0.25) is 0 Å². The first-order chi connectivity index (χ1) is 12.3. The highest BCUT2D eigenvalue weighted by atomic mass is 16.2. The van der Waals surface area contributed by atoms with Crippen molar-refractivity contribution in [3.8, 4) is 0 Å². The molecule has 25 heavy (non-hydrogen) atoms. The van der Waals surface area contributed by atoms with Gasteiger partial charge in [-0.15, -0.1) is 0 Å². The molecule has 2 saturated heterocycles. The Labute approximate surface area is 152 Å². The van der Waals surface area contributed by atoms with E-state index >= 15 is 0 Å². The molecule has 0 aliphatic carbocycles. The second-order valence-electron chi connectivity index (χ2n) is 7.21. The Morgan fingerprint density at radius 2 is 1.64 bits per heavy atom. The quantitative estimate of drug-likeness (QED) is 0.886. The first-order valence-corrected chi connectivity index (χ1v) is 9.89. The van der Waals surface area contributed by atoms with E-state index in [2.05, 4.69) is 34.2 Å². The number of nitrogens with zero attached hydrogens (tertiary/aromatic N) is 3. The molecule has 0 aromatic heterocycles. The van der Waals surface area contributed by atoms with Gasteiger partial charge in [0.15, 0.2) is 0 Å². The summed E-state index contributed by atoms with van der Waals surface area (Å²) in [5.74, 6) is 0. The van der Waals surface area contributed by atoms with Crippen LogP contribution in [-0.2, 0) is 0 Å². The Bertz CT molecular complexity index is 531. The lowest BCUT2D eigenvalue weighted by molar-refractivity contribution is 0.146. The summed E-state index contributed by atoms with van der Waals surface area (Å²) in [6.45, 7) is 9.29. The molecule has 3 rings (SSSR count). The van der Waals surface area contributed by atoms with Crippen molar-refractivity contribution in [1.82, 2.24) is 9.80 Å². The number of carbonyl (C=O) groups is 1. The standard InChI is InChI=1S/C20H32N4O/c1-2-3-11-22-14-16-24(17-15-22)20(25)21-18-7-9-19(10-8-18)23-12-5-4-6-13-23/h7-10H,2-6,11-17H2,1H3,(H,21,25). The van der Waals surface area contributed by atoms with Crippen molar-refractivity contribution in [3.05, 3.63) is 24.3 Å². The van der Waals surface area contributed by atoms with E-state index in [1.165, 1.54) is 37.8 Å². The second kappa shape index (κ2) is 9.09. The molecule has 5 nitrogen and oxygen atoms in total. The fourth-order valence-electron chi connectivity index (χ4n) is 3.67. The summed E-state index contributed by atoms with van der Waals surface area (Å²) in [4.78, 5) is 19.3. The Balaban J connectivity index is 1.46. The number of rotatable bonds is 5. The number of hydrogen-bond donors (Lipinski definition) is 1. The summed E-state index contributed by atoms with van der Waals surface area (Å²) in [6.07, 6.45) is 6.38. The third kappa shape index (κ3) is 5.11. The van der Waals surface area contributed by atoms with E-state index in [1.54, 1.807) is 0 Å². The Hall–Kier alpha value is -1.75. The number of carbonyl (C=O) groups excluding carboxylic acids is 1. The predicted molar refractivity (Wildman–Crippen MR) is 104 cm³/mol. The molecule has 2 heterocycles. The van der Waals surface area contributed by atoms with Crippen LogP contribution < -0.4 is 10.2 Å². The average molecular weight is 345 g/mol. The van der Waals surface area contributed by atoms with E-state index in [-0.39, 0.29) is 6.03 Å². The number of piperazine rings is 1. The number of hydrogen-bond acceptors (Lipinski definition) is 3. The molecular weight excluding hydrogens is 312 g/mol. The van der Waals surface area contributed by atoms with Crippen molar-refractivity contribution < 1.29 is 4.79 Å². The van der Waals surface area contributed by atoms with Gasteiger partial charge in [0, 0.05) is 50.6 Å². The fraction of sp³-hybridized carbons (Fsp3) is 0.650. The van der Waals surface area contributed by atoms with E-state index in [4.69, 9.17) is 0 Å². The maximum absolute atomic E-state index is 12.5. The normalized spacial score (nSPS) is 19.1. The lowest BCUT2D eigenvalue weighted by Gasteiger charge is -2.34. The lowest BCUT2D eigenvalue weighted by atomic mass is 10.1. The van der Waals surface area contributed by atoms with Crippen LogP contribution in [0, 0.1) is 0 Å². The van der Waals surface area contributed by atoms with Crippen LogP contribution in [0.15, 0.2) is 24.3 Å². The van der Waals surface area contributed by atoms with E-state index in [1.807, 2.05) is 17.0 Å². The number of unbranched alkanes of at least 4 members (excludes halogenated alkanes) is 1. The first-order valence-electron chi connectivity index (χ1n) is 9.89. The summed E-state index contributed by atoms with van der Waals surface area (Å²) in [7, 11) is 0. The Kier molecular flexibility index (Phi) is 6.56. The number of piperidine rings is 1. The summed E-state index contributed by atoms with van der Waals surface area (Å²) in [5.41, 5.74) is 2.15.